The number of rotatable bonds is 6. The lowest BCUT2D eigenvalue weighted by Crippen LogP contribution is -2.43. The highest BCUT2D eigenvalue weighted by atomic mass is 35.5. The van der Waals surface area contributed by atoms with Crippen molar-refractivity contribution in [2.75, 3.05) is 19.7 Å². The summed E-state index contributed by atoms with van der Waals surface area (Å²) in [4.78, 5) is 11.3. The standard InChI is InChI=1S/C11H12Cl2F2N2O2/c12-7-1-2-9(8(13)3-7)19-4-10(18)17-6-11(14,15)5-16/h1-3H,4-6,16H2,(H,17,18). The summed E-state index contributed by atoms with van der Waals surface area (Å²) in [5.74, 6) is -3.58. The summed E-state index contributed by atoms with van der Waals surface area (Å²) in [5, 5.41) is 2.66. The summed E-state index contributed by atoms with van der Waals surface area (Å²) in [6, 6.07) is 4.45. The van der Waals surface area contributed by atoms with E-state index in [1.165, 1.54) is 18.2 Å². The maximum atomic E-state index is 12.8. The van der Waals surface area contributed by atoms with Crippen molar-refractivity contribution in [1.29, 1.82) is 0 Å². The van der Waals surface area contributed by atoms with Crippen LogP contribution < -0.4 is 15.8 Å². The zero-order valence-corrected chi connectivity index (χ0v) is 11.3. The molecule has 0 unspecified atom stereocenters. The molecule has 19 heavy (non-hydrogen) atoms. The lowest BCUT2D eigenvalue weighted by molar-refractivity contribution is -0.124. The summed E-state index contributed by atoms with van der Waals surface area (Å²) in [7, 11) is 0. The van der Waals surface area contributed by atoms with Crippen LogP contribution in [0.4, 0.5) is 8.78 Å². The maximum absolute atomic E-state index is 12.8. The maximum Gasteiger partial charge on any atom is 0.277 e. The molecule has 0 aliphatic heterocycles. The number of ether oxygens (including phenoxy) is 1. The third kappa shape index (κ3) is 5.59. The summed E-state index contributed by atoms with van der Waals surface area (Å²) in [5.41, 5.74) is 4.83. The van der Waals surface area contributed by atoms with Crippen molar-refractivity contribution in [2.45, 2.75) is 5.92 Å². The lowest BCUT2D eigenvalue weighted by Gasteiger charge is -2.14. The van der Waals surface area contributed by atoms with E-state index in [-0.39, 0.29) is 10.8 Å². The van der Waals surface area contributed by atoms with Crippen LogP contribution in [0, 0.1) is 0 Å². The lowest BCUT2D eigenvalue weighted by atomic mass is 10.3. The Labute approximate surface area is 118 Å². The highest BCUT2D eigenvalue weighted by Gasteiger charge is 2.27. The summed E-state index contributed by atoms with van der Waals surface area (Å²) >= 11 is 11.5. The van der Waals surface area contributed by atoms with Crippen molar-refractivity contribution in [3.05, 3.63) is 28.2 Å². The minimum atomic E-state index is -3.13. The number of carbonyl (C=O) groups is 1. The normalized spacial score (nSPS) is 11.2. The van der Waals surface area contributed by atoms with E-state index in [4.69, 9.17) is 33.7 Å². The molecule has 0 spiro atoms. The predicted octanol–water partition coefficient (Wildman–Crippen LogP) is 2.08. The first-order valence-electron chi connectivity index (χ1n) is 5.26. The van der Waals surface area contributed by atoms with Crippen LogP contribution in [0.15, 0.2) is 18.2 Å². The first-order valence-corrected chi connectivity index (χ1v) is 6.02. The van der Waals surface area contributed by atoms with Crippen LogP contribution in [0.2, 0.25) is 10.0 Å². The molecule has 0 saturated heterocycles. The molecule has 0 saturated carbocycles. The zero-order valence-electron chi connectivity index (χ0n) is 9.76. The van der Waals surface area contributed by atoms with Gasteiger partial charge in [0.25, 0.3) is 11.8 Å². The Kier molecular flexibility index (Phi) is 5.78. The van der Waals surface area contributed by atoms with Gasteiger partial charge in [-0.15, -0.1) is 0 Å². The van der Waals surface area contributed by atoms with Gasteiger partial charge in [0, 0.05) is 5.02 Å². The highest BCUT2D eigenvalue weighted by Crippen LogP contribution is 2.27. The van der Waals surface area contributed by atoms with E-state index in [9.17, 15) is 13.6 Å². The Morgan fingerprint density at radius 1 is 1.42 bits per heavy atom. The molecular formula is C11H12Cl2F2N2O2. The van der Waals surface area contributed by atoms with Crippen LogP contribution in [0.25, 0.3) is 0 Å². The number of halogens is 4. The Morgan fingerprint density at radius 2 is 2.11 bits per heavy atom. The van der Waals surface area contributed by atoms with E-state index in [0.29, 0.717) is 5.02 Å². The largest absolute Gasteiger partial charge is 0.482 e. The average Bonchev–Trinajstić information content (AvgIpc) is 2.35. The predicted molar refractivity (Wildman–Crippen MR) is 69.0 cm³/mol. The number of benzene rings is 1. The van der Waals surface area contributed by atoms with Gasteiger partial charge in [-0.1, -0.05) is 23.2 Å². The van der Waals surface area contributed by atoms with Crippen LogP contribution in [-0.2, 0) is 4.79 Å². The smallest absolute Gasteiger partial charge is 0.277 e. The van der Waals surface area contributed by atoms with Crippen LogP contribution in [0.3, 0.4) is 0 Å². The summed E-state index contributed by atoms with van der Waals surface area (Å²) in [6.07, 6.45) is 0. The first kappa shape index (κ1) is 15.9. The number of nitrogens with one attached hydrogen (secondary N) is 1. The van der Waals surface area contributed by atoms with Crippen LogP contribution in [0.1, 0.15) is 0 Å². The molecule has 0 fully saturated rings. The number of hydrogen-bond acceptors (Lipinski definition) is 3. The van der Waals surface area contributed by atoms with E-state index >= 15 is 0 Å². The number of hydrogen-bond donors (Lipinski definition) is 2. The molecule has 0 atom stereocenters. The van der Waals surface area contributed by atoms with E-state index in [2.05, 4.69) is 0 Å². The molecule has 0 aliphatic rings. The molecule has 1 aromatic carbocycles. The summed E-state index contributed by atoms with van der Waals surface area (Å²) in [6.45, 7) is -2.10. The molecule has 4 nitrogen and oxygen atoms in total. The molecular weight excluding hydrogens is 301 g/mol. The van der Waals surface area contributed by atoms with Crippen molar-refractivity contribution < 1.29 is 18.3 Å². The average molecular weight is 313 g/mol. The quantitative estimate of drug-likeness (QED) is 0.845. The molecule has 1 amide bonds. The Balaban J connectivity index is 2.42. The topological polar surface area (TPSA) is 64.3 Å². The fourth-order valence-corrected chi connectivity index (χ4v) is 1.55. The number of amides is 1. The Hall–Kier alpha value is -1.11. The van der Waals surface area contributed by atoms with Gasteiger partial charge < -0.3 is 15.8 Å². The van der Waals surface area contributed by atoms with Gasteiger partial charge in [0.1, 0.15) is 5.75 Å². The van der Waals surface area contributed by atoms with Crippen LogP contribution >= 0.6 is 23.2 Å². The van der Waals surface area contributed by atoms with Gasteiger partial charge in [0.15, 0.2) is 6.61 Å². The van der Waals surface area contributed by atoms with Crippen molar-refractivity contribution in [1.82, 2.24) is 5.32 Å². The van der Waals surface area contributed by atoms with Gasteiger partial charge in [0.2, 0.25) is 0 Å². The Bertz CT molecular complexity index is 458. The van der Waals surface area contributed by atoms with Gasteiger partial charge in [-0.2, -0.15) is 0 Å². The van der Waals surface area contributed by atoms with Gasteiger partial charge in [-0.05, 0) is 18.2 Å². The van der Waals surface area contributed by atoms with E-state index in [0.717, 1.165) is 0 Å². The summed E-state index contributed by atoms with van der Waals surface area (Å²) < 4.78 is 30.6. The fraction of sp³-hybridized carbons (Fsp3) is 0.364. The van der Waals surface area contributed by atoms with Gasteiger partial charge in [-0.3, -0.25) is 4.79 Å². The molecule has 0 radical (unpaired) electrons. The highest BCUT2D eigenvalue weighted by molar-refractivity contribution is 6.35. The monoisotopic (exact) mass is 312 g/mol. The van der Waals surface area contributed by atoms with Gasteiger partial charge in [0.05, 0.1) is 18.1 Å². The van der Waals surface area contributed by atoms with Gasteiger partial charge in [-0.25, -0.2) is 8.78 Å². The Morgan fingerprint density at radius 3 is 2.68 bits per heavy atom. The molecule has 0 heterocycles. The van der Waals surface area contributed by atoms with Crippen molar-refractivity contribution >= 4 is 29.1 Å². The number of nitrogens with two attached hydrogens (primary N) is 1. The van der Waals surface area contributed by atoms with E-state index in [1.54, 1.807) is 0 Å². The molecule has 1 rings (SSSR count). The van der Waals surface area contributed by atoms with E-state index < -0.39 is 31.5 Å². The third-order valence-corrected chi connectivity index (χ3v) is 2.63. The first-order chi connectivity index (χ1) is 8.84. The minimum absolute atomic E-state index is 0.229. The fourth-order valence-electron chi connectivity index (χ4n) is 1.09. The molecule has 0 aliphatic carbocycles. The SMILES string of the molecule is NCC(F)(F)CNC(=O)COc1ccc(Cl)cc1Cl. The van der Waals surface area contributed by atoms with Crippen molar-refractivity contribution in [2.24, 2.45) is 5.73 Å². The second-order valence-corrected chi connectivity index (χ2v) is 4.54. The van der Waals surface area contributed by atoms with Gasteiger partial charge >= 0.3 is 0 Å². The number of alkyl halides is 2. The molecule has 3 N–H and O–H groups in total. The van der Waals surface area contributed by atoms with Crippen molar-refractivity contribution in [3.63, 3.8) is 0 Å². The molecule has 8 heteroatoms. The van der Waals surface area contributed by atoms with E-state index in [1.807, 2.05) is 5.32 Å². The minimum Gasteiger partial charge on any atom is -0.482 e. The third-order valence-electron chi connectivity index (χ3n) is 2.10. The second-order valence-electron chi connectivity index (χ2n) is 3.70. The van der Waals surface area contributed by atoms with Crippen molar-refractivity contribution in [3.8, 4) is 5.75 Å². The molecule has 106 valence electrons. The molecule has 1 aromatic rings. The van der Waals surface area contributed by atoms with Crippen LogP contribution in [-0.4, -0.2) is 31.5 Å². The number of carbonyl (C=O) groups excluding carboxylic acids is 1. The zero-order chi connectivity index (χ0) is 14.5. The molecule has 0 bridgehead atoms. The molecule has 0 aromatic heterocycles. The van der Waals surface area contributed by atoms with Crippen LogP contribution in [0.5, 0.6) is 5.75 Å². The second kappa shape index (κ2) is 6.88.